The monoisotopic (exact) mass is 230 g/mol. The second kappa shape index (κ2) is 4.20. The van der Waals surface area contributed by atoms with Crippen LogP contribution in [-0.4, -0.2) is 26.7 Å². The molecule has 1 rings (SSSR count). The molecule has 1 aromatic heterocycles. The number of nitrogens with zero attached hydrogens (tertiary/aromatic N) is 2. The van der Waals surface area contributed by atoms with Gasteiger partial charge >= 0.3 is 0 Å². The van der Waals surface area contributed by atoms with Crippen molar-refractivity contribution >= 4 is 23.1 Å². The standard InChI is InChI=1S/C9H15ClN4O/c1-5(15)9(2,3)14-8-6(11)7(10)12-4-13-8/h4-5,15H,11H2,1-3H3,(H,12,13,14). The Balaban J connectivity index is 2.95. The smallest absolute Gasteiger partial charge is 0.157 e. The zero-order valence-corrected chi connectivity index (χ0v) is 9.71. The van der Waals surface area contributed by atoms with E-state index in [1.807, 2.05) is 13.8 Å². The molecule has 4 N–H and O–H groups in total. The average Bonchev–Trinajstić information content (AvgIpc) is 2.12. The highest BCUT2D eigenvalue weighted by Gasteiger charge is 2.25. The molecule has 84 valence electrons. The molecule has 0 aliphatic heterocycles. The van der Waals surface area contributed by atoms with Crippen LogP contribution >= 0.6 is 11.6 Å². The van der Waals surface area contributed by atoms with E-state index in [-0.39, 0.29) is 10.8 Å². The number of anilines is 2. The van der Waals surface area contributed by atoms with Crippen molar-refractivity contribution in [2.24, 2.45) is 0 Å². The first-order chi connectivity index (χ1) is 6.84. The number of aliphatic hydroxyl groups is 1. The van der Waals surface area contributed by atoms with Gasteiger partial charge in [0, 0.05) is 0 Å². The highest BCUT2D eigenvalue weighted by Crippen LogP contribution is 2.25. The fourth-order valence-electron chi connectivity index (χ4n) is 0.883. The molecule has 0 aromatic carbocycles. The SMILES string of the molecule is CC(O)C(C)(C)Nc1ncnc(Cl)c1N. The molecule has 0 spiro atoms. The molecule has 5 nitrogen and oxygen atoms in total. The molecule has 15 heavy (non-hydrogen) atoms. The number of nitrogens with two attached hydrogens (primary N) is 1. The first-order valence-electron chi connectivity index (χ1n) is 4.57. The van der Waals surface area contributed by atoms with Crippen LogP contribution in [0.4, 0.5) is 11.5 Å². The number of aliphatic hydroxyl groups excluding tert-OH is 1. The van der Waals surface area contributed by atoms with E-state index < -0.39 is 11.6 Å². The predicted octanol–water partition coefficient (Wildman–Crippen LogP) is 1.28. The molecule has 0 bridgehead atoms. The van der Waals surface area contributed by atoms with Crippen molar-refractivity contribution in [2.45, 2.75) is 32.4 Å². The van der Waals surface area contributed by atoms with E-state index in [0.717, 1.165) is 0 Å². The minimum absolute atomic E-state index is 0.203. The fourth-order valence-corrected chi connectivity index (χ4v) is 1.02. The van der Waals surface area contributed by atoms with Gasteiger partial charge in [0.1, 0.15) is 12.0 Å². The maximum absolute atomic E-state index is 9.52. The molecule has 1 heterocycles. The molecule has 1 atom stereocenters. The summed E-state index contributed by atoms with van der Waals surface area (Å²) in [6.07, 6.45) is 0.768. The minimum atomic E-state index is -0.550. The summed E-state index contributed by atoms with van der Waals surface area (Å²) in [5.41, 5.74) is 5.44. The Morgan fingerprint density at radius 1 is 1.53 bits per heavy atom. The van der Waals surface area contributed by atoms with Crippen LogP contribution in [0.25, 0.3) is 0 Å². The van der Waals surface area contributed by atoms with Gasteiger partial charge in [-0.3, -0.25) is 0 Å². The highest BCUT2D eigenvalue weighted by atomic mass is 35.5. The number of halogens is 1. The molecule has 0 amide bonds. The molecule has 0 fully saturated rings. The molecular weight excluding hydrogens is 216 g/mol. The van der Waals surface area contributed by atoms with Crippen molar-refractivity contribution in [1.29, 1.82) is 0 Å². The van der Waals surface area contributed by atoms with Gasteiger partial charge in [-0.2, -0.15) is 0 Å². The summed E-state index contributed by atoms with van der Waals surface area (Å²) in [6.45, 7) is 5.37. The minimum Gasteiger partial charge on any atom is -0.393 e. The lowest BCUT2D eigenvalue weighted by Crippen LogP contribution is -2.42. The summed E-state index contributed by atoms with van der Waals surface area (Å²) >= 11 is 5.74. The molecule has 0 saturated carbocycles. The Labute approximate surface area is 93.7 Å². The Morgan fingerprint density at radius 3 is 2.67 bits per heavy atom. The Bertz CT molecular complexity index is 354. The van der Waals surface area contributed by atoms with E-state index in [2.05, 4.69) is 15.3 Å². The second-order valence-corrected chi connectivity index (χ2v) is 4.31. The highest BCUT2D eigenvalue weighted by molar-refractivity contribution is 6.32. The maximum atomic E-state index is 9.52. The van der Waals surface area contributed by atoms with Crippen molar-refractivity contribution in [3.8, 4) is 0 Å². The third-order valence-electron chi connectivity index (χ3n) is 2.32. The number of nitrogens with one attached hydrogen (secondary N) is 1. The van der Waals surface area contributed by atoms with Gasteiger partial charge in [-0.15, -0.1) is 0 Å². The van der Waals surface area contributed by atoms with Gasteiger partial charge in [0.05, 0.1) is 11.6 Å². The van der Waals surface area contributed by atoms with Gasteiger partial charge in [-0.1, -0.05) is 11.6 Å². The maximum Gasteiger partial charge on any atom is 0.157 e. The third kappa shape index (κ3) is 2.70. The number of aromatic nitrogens is 2. The first-order valence-corrected chi connectivity index (χ1v) is 4.94. The summed E-state index contributed by atoms with van der Waals surface area (Å²) in [5.74, 6) is 0.431. The van der Waals surface area contributed by atoms with Crippen molar-refractivity contribution in [3.05, 3.63) is 11.5 Å². The Hall–Kier alpha value is -1.07. The van der Waals surface area contributed by atoms with Crippen LogP contribution in [0.3, 0.4) is 0 Å². The summed E-state index contributed by atoms with van der Waals surface area (Å²) in [5, 5.41) is 12.7. The van der Waals surface area contributed by atoms with Crippen LogP contribution in [0.15, 0.2) is 6.33 Å². The zero-order valence-electron chi connectivity index (χ0n) is 8.95. The summed E-state index contributed by atoms with van der Waals surface area (Å²) in [6, 6.07) is 0. The molecule has 0 aliphatic carbocycles. The molecule has 1 unspecified atom stereocenters. The van der Waals surface area contributed by atoms with Crippen LogP contribution in [0.2, 0.25) is 5.15 Å². The molecule has 1 aromatic rings. The largest absolute Gasteiger partial charge is 0.393 e. The normalized spacial score (nSPS) is 13.7. The predicted molar refractivity (Wildman–Crippen MR) is 60.8 cm³/mol. The Morgan fingerprint density at radius 2 is 2.13 bits per heavy atom. The van der Waals surface area contributed by atoms with Crippen molar-refractivity contribution in [3.63, 3.8) is 0 Å². The topological polar surface area (TPSA) is 84.1 Å². The van der Waals surface area contributed by atoms with Crippen molar-refractivity contribution in [2.75, 3.05) is 11.1 Å². The first kappa shape index (κ1) is 12.0. The molecule has 6 heteroatoms. The van der Waals surface area contributed by atoms with Crippen LogP contribution in [0, 0.1) is 0 Å². The lowest BCUT2D eigenvalue weighted by Gasteiger charge is -2.30. The van der Waals surface area contributed by atoms with E-state index in [9.17, 15) is 5.11 Å². The molecule has 0 radical (unpaired) electrons. The summed E-state index contributed by atoms with van der Waals surface area (Å²) < 4.78 is 0. The quantitative estimate of drug-likeness (QED) is 0.682. The van der Waals surface area contributed by atoms with Crippen molar-refractivity contribution < 1.29 is 5.11 Å². The number of rotatable bonds is 3. The van der Waals surface area contributed by atoms with Crippen LogP contribution in [0.5, 0.6) is 0 Å². The number of hydrogen-bond acceptors (Lipinski definition) is 5. The van der Waals surface area contributed by atoms with Gasteiger partial charge in [0.2, 0.25) is 0 Å². The Kier molecular flexibility index (Phi) is 3.36. The zero-order chi connectivity index (χ0) is 11.6. The lowest BCUT2D eigenvalue weighted by atomic mass is 9.99. The van der Waals surface area contributed by atoms with Gasteiger partial charge in [0.25, 0.3) is 0 Å². The van der Waals surface area contributed by atoms with Crippen LogP contribution in [0.1, 0.15) is 20.8 Å². The van der Waals surface area contributed by atoms with Gasteiger partial charge in [-0.25, -0.2) is 9.97 Å². The number of hydrogen-bond donors (Lipinski definition) is 3. The van der Waals surface area contributed by atoms with Gasteiger partial charge in [-0.05, 0) is 20.8 Å². The van der Waals surface area contributed by atoms with Crippen molar-refractivity contribution in [1.82, 2.24) is 9.97 Å². The van der Waals surface area contributed by atoms with E-state index in [1.165, 1.54) is 6.33 Å². The van der Waals surface area contributed by atoms with Crippen LogP contribution in [-0.2, 0) is 0 Å². The fraction of sp³-hybridized carbons (Fsp3) is 0.556. The van der Waals surface area contributed by atoms with E-state index >= 15 is 0 Å². The van der Waals surface area contributed by atoms with Gasteiger partial charge < -0.3 is 16.2 Å². The summed E-state index contributed by atoms with van der Waals surface area (Å²) in [4.78, 5) is 7.70. The molecule has 0 saturated heterocycles. The van der Waals surface area contributed by atoms with E-state index in [1.54, 1.807) is 6.92 Å². The summed E-state index contributed by atoms with van der Waals surface area (Å²) in [7, 11) is 0. The molecule has 0 aliphatic rings. The van der Waals surface area contributed by atoms with E-state index in [0.29, 0.717) is 5.82 Å². The van der Waals surface area contributed by atoms with Gasteiger partial charge in [0.15, 0.2) is 11.0 Å². The number of nitrogen functional groups attached to an aromatic ring is 1. The van der Waals surface area contributed by atoms with Crippen LogP contribution < -0.4 is 11.1 Å². The average molecular weight is 231 g/mol. The third-order valence-corrected chi connectivity index (χ3v) is 2.62. The molecular formula is C9H15ClN4O. The lowest BCUT2D eigenvalue weighted by molar-refractivity contribution is 0.133. The second-order valence-electron chi connectivity index (χ2n) is 3.95. The van der Waals surface area contributed by atoms with E-state index in [4.69, 9.17) is 17.3 Å².